The van der Waals surface area contributed by atoms with Crippen LogP contribution in [-0.2, 0) is 21.0 Å². The molecule has 0 unspecified atom stereocenters. The predicted octanol–water partition coefficient (Wildman–Crippen LogP) is 0.777. The van der Waals surface area contributed by atoms with Crippen molar-refractivity contribution >= 4 is 15.9 Å². The molecule has 1 rings (SSSR count). The van der Waals surface area contributed by atoms with Crippen molar-refractivity contribution in [2.24, 2.45) is 5.73 Å². The van der Waals surface area contributed by atoms with Crippen molar-refractivity contribution in [1.82, 2.24) is 4.72 Å². The van der Waals surface area contributed by atoms with Gasteiger partial charge in [-0.05, 0) is 24.6 Å². The maximum absolute atomic E-state index is 12.5. The van der Waals surface area contributed by atoms with Gasteiger partial charge in [-0.3, -0.25) is 4.79 Å². The molecule has 1 aromatic carbocycles. The fraction of sp³-hybridized carbons (Fsp3) is 0.300. The number of amides is 1. The highest BCUT2D eigenvalue weighted by Gasteiger charge is 2.32. The Balaban J connectivity index is 3.22. The molecule has 0 heterocycles. The molecule has 106 valence electrons. The van der Waals surface area contributed by atoms with Gasteiger partial charge in [-0.15, -0.1) is 0 Å². The number of aryl methyl sites for hydroxylation is 1. The maximum Gasteiger partial charge on any atom is 0.416 e. The van der Waals surface area contributed by atoms with E-state index < -0.39 is 39.1 Å². The Morgan fingerprint density at radius 2 is 1.95 bits per heavy atom. The zero-order valence-electron chi connectivity index (χ0n) is 9.78. The molecule has 3 N–H and O–H groups in total. The van der Waals surface area contributed by atoms with E-state index in [4.69, 9.17) is 5.73 Å². The summed E-state index contributed by atoms with van der Waals surface area (Å²) in [5, 5.41) is 0. The highest BCUT2D eigenvalue weighted by atomic mass is 32.2. The summed E-state index contributed by atoms with van der Waals surface area (Å²) in [5.41, 5.74) is 3.81. The number of hydrogen-bond donors (Lipinski definition) is 2. The van der Waals surface area contributed by atoms with Gasteiger partial charge in [-0.2, -0.15) is 13.2 Å². The monoisotopic (exact) mass is 296 g/mol. The van der Waals surface area contributed by atoms with E-state index in [-0.39, 0.29) is 5.56 Å². The number of primary amides is 1. The summed E-state index contributed by atoms with van der Waals surface area (Å²) in [6.45, 7) is 0.664. The Labute approximate surface area is 107 Å². The van der Waals surface area contributed by atoms with Crippen LogP contribution in [0.3, 0.4) is 0 Å². The minimum absolute atomic E-state index is 0.130. The van der Waals surface area contributed by atoms with Crippen LogP contribution in [0, 0.1) is 6.92 Å². The van der Waals surface area contributed by atoms with E-state index >= 15 is 0 Å². The van der Waals surface area contributed by atoms with E-state index in [2.05, 4.69) is 0 Å². The lowest BCUT2D eigenvalue weighted by atomic mass is 10.1. The van der Waals surface area contributed by atoms with E-state index in [1.807, 2.05) is 4.72 Å². The number of rotatable bonds is 4. The van der Waals surface area contributed by atoms with E-state index in [1.54, 1.807) is 0 Å². The van der Waals surface area contributed by atoms with Crippen LogP contribution in [0.1, 0.15) is 11.1 Å². The van der Waals surface area contributed by atoms with Gasteiger partial charge in [0.25, 0.3) is 0 Å². The van der Waals surface area contributed by atoms with Crippen molar-refractivity contribution in [3.63, 3.8) is 0 Å². The Bertz CT molecular complexity index is 597. The third-order valence-electron chi connectivity index (χ3n) is 2.24. The van der Waals surface area contributed by atoms with Crippen LogP contribution in [0.4, 0.5) is 13.2 Å². The molecule has 0 radical (unpaired) electrons. The Morgan fingerprint density at radius 1 is 1.37 bits per heavy atom. The standard InChI is InChI=1S/C10H11F3N2O3S/c1-6-2-3-7(10(11,12)13)4-8(6)19(17,18)15-5-9(14)16/h2-4,15H,5H2,1H3,(H2,14,16). The van der Waals surface area contributed by atoms with Gasteiger partial charge >= 0.3 is 6.18 Å². The number of hydrogen-bond acceptors (Lipinski definition) is 3. The molecule has 0 aliphatic carbocycles. The predicted molar refractivity (Wildman–Crippen MR) is 60.6 cm³/mol. The Hall–Kier alpha value is -1.61. The topological polar surface area (TPSA) is 89.3 Å². The van der Waals surface area contributed by atoms with Gasteiger partial charge in [0, 0.05) is 0 Å². The molecule has 0 aliphatic heterocycles. The van der Waals surface area contributed by atoms with Crippen LogP contribution in [0.5, 0.6) is 0 Å². The first-order valence-electron chi connectivity index (χ1n) is 5.00. The van der Waals surface area contributed by atoms with E-state index in [0.29, 0.717) is 6.07 Å². The maximum atomic E-state index is 12.5. The third-order valence-corrected chi connectivity index (χ3v) is 3.78. The summed E-state index contributed by atoms with van der Waals surface area (Å²) in [7, 11) is -4.22. The van der Waals surface area contributed by atoms with Gasteiger partial charge in [0.05, 0.1) is 17.0 Å². The van der Waals surface area contributed by atoms with E-state index in [0.717, 1.165) is 12.1 Å². The fourth-order valence-electron chi connectivity index (χ4n) is 1.31. The Morgan fingerprint density at radius 3 is 2.42 bits per heavy atom. The van der Waals surface area contributed by atoms with Gasteiger partial charge in [-0.1, -0.05) is 6.07 Å². The number of benzene rings is 1. The zero-order valence-corrected chi connectivity index (χ0v) is 10.6. The van der Waals surface area contributed by atoms with Crippen LogP contribution in [0.25, 0.3) is 0 Å². The highest BCUT2D eigenvalue weighted by Crippen LogP contribution is 2.31. The minimum Gasteiger partial charge on any atom is -0.369 e. The van der Waals surface area contributed by atoms with E-state index in [9.17, 15) is 26.4 Å². The second kappa shape index (κ2) is 5.17. The molecule has 0 bridgehead atoms. The molecule has 0 atom stereocenters. The normalized spacial score (nSPS) is 12.4. The molecule has 0 fully saturated rings. The largest absolute Gasteiger partial charge is 0.416 e. The van der Waals surface area contributed by atoms with Crippen molar-refractivity contribution in [2.45, 2.75) is 18.0 Å². The molecule has 0 aliphatic rings. The van der Waals surface area contributed by atoms with Crippen LogP contribution >= 0.6 is 0 Å². The van der Waals surface area contributed by atoms with Gasteiger partial charge in [0.15, 0.2) is 0 Å². The zero-order chi connectivity index (χ0) is 14.8. The van der Waals surface area contributed by atoms with Gasteiger partial charge < -0.3 is 5.73 Å². The number of alkyl halides is 3. The summed E-state index contributed by atoms with van der Waals surface area (Å²) in [4.78, 5) is 9.97. The van der Waals surface area contributed by atoms with Gasteiger partial charge in [0.2, 0.25) is 15.9 Å². The van der Waals surface area contributed by atoms with Gasteiger partial charge in [0.1, 0.15) is 0 Å². The molecule has 5 nitrogen and oxygen atoms in total. The van der Waals surface area contributed by atoms with Gasteiger partial charge in [-0.25, -0.2) is 13.1 Å². The number of nitrogens with two attached hydrogens (primary N) is 1. The average molecular weight is 296 g/mol. The molecule has 1 amide bonds. The van der Waals surface area contributed by atoms with E-state index in [1.165, 1.54) is 6.92 Å². The molecule has 0 saturated carbocycles. The number of halogens is 3. The minimum atomic E-state index is -4.65. The highest BCUT2D eigenvalue weighted by molar-refractivity contribution is 7.89. The second-order valence-electron chi connectivity index (χ2n) is 3.77. The summed E-state index contributed by atoms with van der Waals surface area (Å²) in [6, 6.07) is 2.34. The lowest BCUT2D eigenvalue weighted by Crippen LogP contribution is -2.33. The third kappa shape index (κ3) is 3.93. The van der Waals surface area contributed by atoms with Crippen molar-refractivity contribution in [3.05, 3.63) is 29.3 Å². The summed E-state index contributed by atoms with van der Waals surface area (Å²) < 4.78 is 62.9. The molecule has 0 spiro atoms. The average Bonchev–Trinajstić information content (AvgIpc) is 2.25. The number of carbonyl (C=O) groups is 1. The first-order chi connectivity index (χ1) is 8.54. The summed E-state index contributed by atoms with van der Waals surface area (Å²) >= 11 is 0. The molecule has 0 aromatic heterocycles. The van der Waals surface area contributed by atoms with Crippen molar-refractivity contribution in [1.29, 1.82) is 0 Å². The van der Waals surface area contributed by atoms with Crippen LogP contribution in [0.15, 0.2) is 23.1 Å². The Kier molecular flexibility index (Phi) is 4.21. The van der Waals surface area contributed by atoms with Crippen LogP contribution in [-0.4, -0.2) is 20.9 Å². The van der Waals surface area contributed by atoms with Crippen molar-refractivity contribution in [3.8, 4) is 0 Å². The van der Waals surface area contributed by atoms with Crippen molar-refractivity contribution < 1.29 is 26.4 Å². The smallest absolute Gasteiger partial charge is 0.369 e. The summed E-state index contributed by atoms with van der Waals surface area (Å²) in [5.74, 6) is -0.937. The molecule has 1 aromatic rings. The quantitative estimate of drug-likeness (QED) is 0.860. The molecule has 9 heteroatoms. The summed E-state index contributed by atoms with van der Waals surface area (Å²) in [6.07, 6.45) is -4.65. The number of nitrogens with one attached hydrogen (secondary N) is 1. The lowest BCUT2D eigenvalue weighted by molar-refractivity contribution is -0.137. The molecule has 0 saturated heterocycles. The fourth-order valence-corrected chi connectivity index (χ4v) is 2.57. The SMILES string of the molecule is Cc1ccc(C(F)(F)F)cc1S(=O)(=O)NCC(N)=O. The second-order valence-corrected chi connectivity index (χ2v) is 5.50. The van der Waals surface area contributed by atoms with Crippen molar-refractivity contribution in [2.75, 3.05) is 6.54 Å². The van der Waals surface area contributed by atoms with Crippen LogP contribution < -0.4 is 10.5 Å². The first-order valence-corrected chi connectivity index (χ1v) is 6.48. The lowest BCUT2D eigenvalue weighted by Gasteiger charge is -2.12. The first kappa shape index (κ1) is 15.4. The molecular weight excluding hydrogens is 285 g/mol. The number of sulfonamides is 1. The molecular formula is C10H11F3N2O3S. The molecule has 19 heavy (non-hydrogen) atoms. The number of carbonyl (C=O) groups excluding carboxylic acids is 1. The van der Waals surface area contributed by atoms with Crippen LogP contribution in [0.2, 0.25) is 0 Å².